The molecule has 2 aromatic rings. The van der Waals surface area contributed by atoms with Crippen molar-refractivity contribution < 1.29 is 0 Å². The highest BCUT2D eigenvalue weighted by Crippen LogP contribution is 2.24. The molecule has 2 rings (SSSR count). The first-order valence-corrected chi connectivity index (χ1v) is 7.27. The minimum absolute atomic E-state index is 0.0976. The molecule has 0 saturated heterocycles. The average Bonchev–Trinajstić information content (AvgIpc) is 2.44. The summed E-state index contributed by atoms with van der Waals surface area (Å²) >= 11 is 3.54. The van der Waals surface area contributed by atoms with Crippen LogP contribution in [0.2, 0.25) is 0 Å². The van der Waals surface area contributed by atoms with E-state index in [0.29, 0.717) is 0 Å². The van der Waals surface area contributed by atoms with Crippen molar-refractivity contribution in [1.29, 1.82) is 0 Å². The van der Waals surface area contributed by atoms with Gasteiger partial charge in [-0.25, -0.2) is 0 Å². The summed E-state index contributed by atoms with van der Waals surface area (Å²) in [5.74, 6) is 0. The van der Waals surface area contributed by atoms with E-state index in [1.54, 1.807) is 12.4 Å². The Morgan fingerprint density at radius 2 is 2.16 bits per heavy atom. The monoisotopic (exact) mass is 319 g/mol. The lowest BCUT2D eigenvalue weighted by Gasteiger charge is -2.19. The maximum Gasteiger partial charge on any atom is 0.0801 e. The number of benzene rings is 1. The number of nitrogens with one attached hydrogen (secondary N) is 1. The summed E-state index contributed by atoms with van der Waals surface area (Å²) in [6, 6.07) is 6.49. The molecule has 1 aromatic carbocycles. The van der Waals surface area contributed by atoms with Crippen molar-refractivity contribution >= 4 is 15.9 Å². The maximum absolute atomic E-state index is 4.42. The molecule has 0 aliphatic rings. The zero-order valence-corrected chi connectivity index (χ0v) is 12.8. The van der Waals surface area contributed by atoms with Gasteiger partial charge in [-0.15, -0.1) is 0 Å². The van der Waals surface area contributed by atoms with Crippen LogP contribution in [-0.4, -0.2) is 16.5 Å². The molecular weight excluding hydrogens is 302 g/mol. The minimum Gasteiger partial charge on any atom is -0.305 e. The van der Waals surface area contributed by atoms with Crippen LogP contribution < -0.4 is 5.32 Å². The Morgan fingerprint density at radius 1 is 1.32 bits per heavy atom. The zero-order chi connectivity index (χ0) is 13.7. The second-order valence-corrected chi connectivity index (χ2v) is 5.38. The summed E-state index contributed by atoms with van der Waals surface area (Å²) in [6.07, 6.45) is 6.35. The van der Waals surface area contributed by atoms with Crippen LogP contribution in [0.4, 0.5) is 0 Å². The molecule has 0 aliphatic carbocycles. The molecule has 0 spiro atoms. The zero-order valence-electron chi connectivity index (χ0n) is 11.2. The van der Waals surface area contributed by atoms with E-state index in [9.17, 15) is 0 Å². The van der Waals surface area contributed by atoms with E-state index in [4.69, 9.17) is 0 Å². The molecule has 3 nitrogen and oxygen atoms in total. The summed E-state index contributed by atoms with van der Waals surface area (Å²) < 4.78 is 1.13. The van der Waals surface area contributed by atoms with Crippen LogP contribution in [0.25, 0.3) is 0 Å². The topological polar surface area (TPSA) is 37.8 Å². The van der Waals surface area contributed by atoms with Gasteiger partial charge in [0, 0.05) is 16.9 Å². The van der Waals surface area contributed by atoms with Crippen molar-refractivity contribution in [3.63, 3.8) is 0 Å². The summed E-state index contributed by atoms with van der Waals surface area (Å²) in [5.41, 5.74) is 3.40. The van der Waals surface area contributed by atoms with Gasteiger partial charge < -0.3 is 5.32 Å². The highest BCUT2D eigenvalue weighted by molar-refractivity contribution is 9.10. The number of rotatable bonds is 5. The Balaban J connectivity index is 2.34. The first-order chi connectivity index (χ1) is 9.22. The average molecular weight is 320 g/mol. The Bertz CT molecular complexity index is 528. The van der Waals surface area contributed by atoms with Crippen LogP contribution in [0.1, 0.15) is 36.2 Å². The molecule has 1 heterocycles. The minimum atomic E-state index is 0.0976. The van der Waals surface area contributed by atoms with E-state index >= 15 is 0 Å². The molecule has 1 atom stereocenters. The first-order valence-electron chi connectivity index (χ1n) is 6.47. The summed E-state index contributed by atoms with van der Waals surface area (Å²) in [4.78, 5) is 8.59. The lowest BCUT2D eigenvalue weighted by molar-refractivity contribution is 0.584. The van der Waals surface area contributed by atoms with E-state index in [0.717, 1.165) is 23.1 Å². The van der Waals surface area contributed by atoms with E-state index in [-0.39, 0.29) is 6.04 Å². The second kappa shape index (κ2) is 6.78. The molecule has 100 valence electrons. The lowest BCUT2D eigenvalue weighted by Crippen LogP contribution is -2.24. The third kappa shape index (κ3) is 3.61. The molecule has 0 bridgehead atoms. The van der Waals surface area contributed by atoms with E-state index in [1.165, 1.54) is 11.1 Å². The number of hydrogen-bond donors (Lipinski definition) is 1. The smallest absolute Gasteiger partial charge is 0.0801 e. The molecule has 0 radical (unpaired) electrons. The summed E-state index contributed by atoms with van der Waals surface area (Å²) in [5, 5.41) is 3.53. The predicted molar refractivity (Wildman–Crippen MR) is 81.0 cm³/mol. The number of aryl methyl sites for hydroxylation is 1. The molecule has 19 heavy (non-hydrogen) atoms. The number of nitrogens with zero attached hydrogens (tertiary/aromatic N) is 2. The fourth-order valence-electron chi connectivity index (χ4n) is 1.99. The molecule has 4 heteroatoms. The summed E-state index contributed by atoms with van der Waals surface area (Å²) in [7, 11) is 0. The molecule has 1 N–H and O–H groups in total. The Kier molecular flexibility index (Phi) is 5.05. The molecule has 1 aromatic heterocycles. The molecule has 0 fully saturated rings. The van der Waals surface area contributed by atoms with Gasteiger partial charge in [0.2, 0.25) is 0 Å². The molecule has 1 unspecified atom stereocenters. The largest absolute Gasteiger partial charge is 0.305 e. The van der Waals surface area contributed by atoms with Gasteiger partial charge in [0.1, 0.15) is 0 Å². The van der Waals surface area contributed by atoms with E-state index in [1.807, 2.05) is 6.20 Å². The number of halogens is 1. The van der Waals surface area contributed by atoms with E-state index < -0.39 is 0 Å². The van der Waals surface area contributed by atoms with Crippen molar-refractivity contribution in [1.82, 2.24) is 15.3 Å². The summed E-state index contributed by atoms with van der Waals surface area (Å²) in [6.45, 7) is 5.21. The Labute approximate surface area is 122 Å². The van der Waals surface area contributed by atoms with Gasteiger partial charge in [-0.3, -0.25) is 9.97 Å². The van der Waals surface area contributed by atoms with Gasteiger partial charge in [0.25, 0.3) is 0 Å². The Morgan fingerprint density at radius 3 is 2.79 bits per heavy atom. The fraction of sp³-hybridized carbons (Fsp3) is 0.333. The van der Waals surface area contributed by atoms with E-state index in [2.05, 4.69) is 63.3 Å². The maximum atomic E-state index is 4.42. The van der Waals surface area contributed by atoms with Crippen LogP contribution in [0.15, 0.2) is 41.3 Å². The molecule has 0 saturated carbocycles. The van der Waals surface area contributed by atoms with Gasteiger partial charge in [0.15, 0.2) is 0 Å². The normalized spacial score (nSPS) is 12.4. The fourth-order valence-corrected chi connectivity index (χ4v) is 2.24. The van der Waals surface area contributed by atoms with Crippen molar-refractivity contribution in [2.45, 2.75) is 26.3 Å². The van der Waals surface area contributed by atoms with Crippen LogP contribution in [0.5, 0.6) is 0 Å². The lowest BCUT2D eigenvalue weighted by atomic mass is 10.0. The quantitative estimate of drug-likeness (QED) is 0.914. The number of aromatic nitrogens is 2. The first kappa shape index (κ1) is 14.2. The van der Waals surface area contributed by atoms with Gasteiger partial charge in [-0.05, 0) is 37.1 Å². The Hall–Kier alpha value is -1.26. The molecule has 0 aliphatic heterocycles. The number of hydrogen-bond acceptors (Lipinski definition) is 3. The van der Waals surface area contributed by atoms with Gasteiger partial charge in [-0.1, -0.05) is 35.0 Å². The van der Waals surface area contributed by atoms with Crippen molar-refractivity contribution in [2.24, 2.45) is 0 Å². The van der Waals surface area contributed by atoms with Crippen molar-refractivity contribution in [3.8, 4) is 0 Å². The predicted octanol–water partition coefficient (Wildman–Crippen LogP) is 3.64. The standard InChI is InChI=1S/C15H18BrN3/c1-3-6-19-15(14-10-17-7-8-18-14)12-4-5-13(16)11(2)9-12/h4-5,7-10,15,19H,3,6H2,1-2H3. The molecule has 0 amide bonds. The van der Waals surface area contributed by atoms with Gasteiger partial charge >= 0.3 is 0 Å². The second-order valence-electron chi connectivity index (χ2n) is 4.53. The van der Waals surface area contributed by atoms with Gasteiger partial charge in [-0.2, -0.15) is 0 Å². The van der Waals surface area contributed by atoms with Crippen LogP contribution >= 0.6 is 15.9 Å². The van der Waals surface area contributed by atoms with Crippen LogP contribution in [-0.2, 0) is 0 Å². The van der Waals surface area contributed by atoms with Crippen molar-refractivity contribution in [3.05, 3.63) is 58.1 Å². The van der Waals surface area contributed by atoms with Gasteiger partial charge in [0.05, 0.1) is 17.9 Å². The SMILES string of the molecule is CCCNC(c1ccc(Br)c(C)c1)c1cnccn1. The van der Waals surface area contributed by atoms with Crippen molar-refractivity contribution in [2.75, 3.05) is 6.54 Å². The molecular formula is C15H18BrN3. The third-order valence-corrected chi connectivity index (χ3v) is 3.88. The van der Waals surface area contributed by atoms with Crippen LogP contribution in [0, 0.1) is 6.92 Å². The highest BCUT2D eigenvalue weighted by Gasteiger charge is 2.15. The third-order valence-electron chi connectivity index (χ3n) is 2.99. The van der Waals surface area contributed by atoms with Crippen LogP contribution in [0.3, 0.4) is 0 Å². The highest BCUT2D eigenvalue weighted by atomic mass is 79.9.